The second-order valence-electron chi connectivity index (χ2n) is 6.92. The van der Waals surface area contributed by atoms with E-state index >= 15 is 0 Å². The van der Waals surface area contributed by atoms with Crippen molar-refractivity contribution in [3.63, 3.8) is 0 Å². The van der Waals surface area contributed by atoms with Gasteiger partial charge in [-0.25, -0.2) is 8.42 Å². The van der Waals surface area contributed by atoms with E-state index in [-0.39, 0.29) is 0 Å². The average molecular weight is 335 g/mol. The number of hydrogen-bond acceptors (Lipinski definition) is 2. The number of piperazine rings is 1. The number of allylic oxidation sites excluding steroid dienone is 1. The zero-order chi connectivity index (χ0) is 16.4. The number of nitrogens with one attached hydrogen (secondary N) is 1. The number of sulfonamides is 1. The van der Waals surface area contributed by atoms with Crippen LogP contribution in [-0.2, 0) is 22.9 Å². The molecule has 1 aliphatic carbocycles. The maximum absolute atomic E-state index is 12.9. The van der Waals surface area contributed by atoms with Crippen LogP contribution in [0.3, 0.4) is 0 Å². The molecular weight excluding hydrogens is 308 g/mol. The smallest absolute Gasteiger partial charge is 0.243 e. The molecule has 0 radical (unpaired) electrons. The van der Waals surface area contributed by atoms with Gasteiger partial charge in [-0.3, -0.25) is 0 Å². The van der Waals surface area contributed by atoms with E-state index < -0.39 is 10.0 Å². The molecule has 4 nitrogen and oxygen atoms in total. The molecule has 1 saturated heterocycles. The molecule has 126 valence electrons. The molecule has 0 aromatic heterocycles. The standard InChI is InChI=1S/C18H26N2O2S/c1-15(2)8-9-19-10-12-20(13-11-19)23(21,22)18-7-6-16-4-3-5-17(16)14-18/h6-8,14H,3-5,9-13H2,1-2H3/p+1. The molecule has 2 aliphatic rings. The van der Waals surface area contributed by atoms with Crippen LogP contribution in [0, 0.1) is 0 Å². The topological polar surface area (TPSA) is 41.8 Å². The summed E-state index contributed by atoms with van der Waals surface area (Å²) in [5.41, 5.74) is 3.87. The molecule has 0 atom stereocenters. The molecular formula is C18H27N2O2S+. The summed E-state index contributed by atoms with van der Waals surface area (Å²) in [5.74, 6) is 0. The zero-order valence-electron chi connectivity index (χ0n) is 14.1. The van der Waals surface area contributed by atoms with Gasteiger partial charge in [-0.15, -0.1) is 0 Å². The minimum atomic E-state index is -3.33. The van der Waals surface area contributed by atoms with E-state index in [1.165, 1.54) is 21.6 Å². The molecule has 0 unspecified atom stereocenters. The number of benzene rings is 1. The third-order valence-electron chi connectivity index (χ3n) is 4.94. The van der Waals surface area contributed by atoms with Crippen molar-refractivity contribution in [3.05, 3.63) is 41.0 Å². The predicted molar refractivity (Wildman–Crippen MR) is 92.2 cm³/mol. The Bertz CT molecular complexity index is 698. The van der Waals surface area contributed by atoms with E-state index in [4.69, 9.17) is 0 Å². The lowest BCUT2D eigenvalue weighted by molar-refractivity contribution is -0.897. The number of nitrogens with zero attached hydrogens (tertiary/aromatic N) is 1. The van der Waals surface area contributed by atoms with Gasteiger partial charge < -0.3 is 4.90 Å². The normalized spacial score (nSPS) is 19.6. The number of aryl methyl sites for hydroxylation is 2. The first-order valence-electron chi connectivity index (χ1n) is 8.56. The lowest BCUT2D eigenvalue weighted by atomic mass is 10.1. The first-order valence-corrected chi connectivity index (χ1v) is 10.00. The fourth-order valence-electron chi connectivity index (χ4n) is 3.45. The third-order valence-corrected chi connectivity index (χ3v) is 6.83. The van der Waals surface area contributed by atoms with Gasteiger partial charge in [-0.2, -0.15) is 4.31 Å². The predicted octanol–water partition coefficient (Wildman–Crippen LogP) is 1.03. The van der Waals surface area contributed by atoms with Gasteiger partial charge in [0.15, 0.2) is 0 Å². The second kappa shape index (κ2) is 6.75. The monoisotopic (exact) mass is 335 g/mol. The van der Waals surface area contributed by atoms with Crippen LogP contribution < -0.4 is 4.90 Å². The van der Waals surface area contributed by atoms with E-state index in [2.05, 4.69) is 19.9 Å². The number of quaternary nitrogens is 1. The zero-order valence-corrected chi connectivity index (χ0v) is 15.0. The Morgan fingerprint density at radius 1 is 1.17 bits per heavy atom. The quantitative estimate of drug-likeness (QED) is 0.835. The molecule has 1 aromatic rings. The Balaban J connectivity index is 1.68. The Morgan fingerprint density at radius 2 is 1.87 bits per heavy atom. The van der Waals surface area contributed by atoms with E-state index in [1.807, 2.05) is 12.1 Å². The lowest BCUT2D eigenvalue weighted by Crippen LogP contribution is -3.14. The lowest BCUT2D eigenvalue weighted by Gasteiger charge is -2.31. The van der Waals surface area contributed by atoms with Crippen LogP contribution in [-0.4, -0.2) is 45.4 Å². The maximum Gasteiger partial charge on any atom is 0.243 e. The maximum atomic E-state index is 12.9. The SMILES string of the molecule is CC(C)=CC[NH+]1CCN(S(=O)(=O)c2ccc3c(c2)CCC3)CC1. The second-order valence-corrected chi connectivity index (χ2v) is 8.86. The van der Waals surface area contributed by atoms with Gasteiger partial charge in [0, 0.05) is 0 Å². The van der Waals surface area contributed by atoms with Gasteiger partial charge >= 0.3 is 0 Å². The van der Waals surface area contributed by atoms with Gasteiger partial charge in [0.2, 0.25) is 10.0 Å². The minimum absolute atomic E-state index is 0.478. The minimum Gasteiger partial charge on any atom is -0.329 e. The molecule has 23 heavy (non-hydrogen) atoms. The highest BCUT2D eigenvalue weighted by Gasteiger charge is 2.30. The van der Waals surface area contributed by atoms with Crippen molar-refractivity contribution in [2.24, 2.45) is 0 Å². The summed E-state index contributed by atoms with van der Waals surface area (Å²) in [4.78, 5) is 1.94. The molecule has 1 heterocycles. The van der Waals surface area contributed by atoms with Gasteiger partial charge in [-0.05, 0) is 62.4 Å². The van der Waals surface area contributed by atoms with Gasteiger partial charge in [0.05, 0.1) is 37.6 Å². The fraction of sp³-hybridized carbons (Fsp3) is 0.556. The molecule has 0 spiro atoms. The van der Waals surface area contributed by atoms with Crippen molar-refractivity contribution in [2.75, 3.05) is 32.7 Å². The summed E-state index contributed by atoms with van der Waals surface area (Å²) in [5, 5.41) is 0. The summed E-state index contributed by atoms with van der Waals surface area (Å²) in [6, 6.07) is 5.70. The average Bonchev–Trinajstić information content (AvgIpc) is 3.01. The number of rotatable bonds is 4. The molecule has 5 heteroatoms. The molecule has 0 amide bonds. The van der Waals surface area contributed by atoms with Gasteiger partial charge in [-0.1, -0.05) is 11.6 Å². The van der Waals surface area contributed by atoms with E-state index in [9.17, 15) is 8.42 Å². The van der Waals surface area contributed by atoms with Gasteiger partial charge in [0.25, 0.3) is 0 Å². The number of hydrogen-bond donors (Lipinski definition) is 1. The van der Waals surface area contributed by atoms with Crippen molar-refractivity contribution in [3.8, 4) is 0 Å². The third kappa shape index (κ3) is 3.67. The summed E-state index contributed by atoms with van der Waals surface area (Å²) in [7, 11) is -3.33. The van der Waals surface area contributed by atoms with Crippen molar-refractivity contribution in [1.82, 2.24) is 4.31 Å². The Hall–Kier alpha value is -1.17. The van der Waals surface area contributed by atoms with Crippen molar-refractivity contribution >= 4 is 10.0 Å². The summed E-state index contributed by atoms with van der Waals surface area (Å²) >= 11 is 0. The largest absolute Gasteiger partial charge is 0.329 e. The Labute approximate surface area is 139 Å². The first-order chi connectivity index (χ1) is 11.0. The van der Waals surface area contributed by atoms with Crippen molar-refractivity contribution in [2.45, 2.75) is 38.0 Å². The highest BCUT2D eigenvalue weighted by molar-refractivity contribution is 7.89. The summed E-state index contributed by atoms with van der Waals surface area (Å²) in [6.07, 6.45) is 5.48. The van der Waals surface area contributed by atoms with Gasteiger partial charge in [0.1, 0.15) is 0 Å². The molecule has 1 fully saturated rings. The van der Waals surface area contributed by atoms with Crippen LogP contribution in [0.1, 0.15) is 31.4 Å². The Morgan fingerprint density at radius 3 is 2.57 bits per heavy atom. The highest BCUT2D eigenvalue weighted by atomic mass is 32.2. The van der Waals surface area contributed by atoms with Crippen molar-refractivity contribution in [1.29, 1.82) is 0 Å². The highest BCUT2D eigenvalue weighted by Crippen LogP contribution is 2.26. The molecule has 0 saturated carbocycles. The molecule has 1 aliphatic heterocycles. The first kappa shape index (κ1) is 16.7. The van der Waals surface area contributed by atoms with Crippen molar-refractivity contribution < 1.29 is 13.3 Å². The Kier molecular flexibility index (Phi) is 4.90. The molecule has 3 rings (SSSR count). The molecule has 1 N–H and O–H groups in total. The van der Waals surface area contributed by atoms with Crippen LogP contribution >= 0.6 is 0 Å². The fourth-order valence-corrected chi connectivity index (χ4v) is 4.95. The summed E-state index contributed by atoms with van der Waals surface area (Å²) < 4.78 is 27.4. The molecule has 0 bridgehead atoms. The van der Waals surface area contributed by atoms with Crippen LogP contribution in [0.15, 0.2) is 34.7 Å². The van der Waals surface area contributed by atoms with E-state index in [0.717, 1.165) is 38.9 Å². The van der Waals surface area contributed by atoms with Crippen LogP contribution in [0.5, 0.6) is 0 Å². The van der Waals surface area contributed by atoms with Crippen LogP contribution in [0.25, 0.3) is 0 Å². The van der Waals surface area contributed by atoms with E-state index in [0.29, 0.717) is 18.0 Å². The van der Waals surface area contributed by atoms with Crippen LogP contribution in [0.4, 0.5) is 0 Å². The van der Waals surface area contributed by atoms with Crippen LogP contribution in [0.2, 0.25) is 0 Å². The van der Waals surface area contributed by atoms with E-state index in [1.54, 1.807) is 10.4 Å². The number of fused-ring (bicyclic) bond motifs is 1. The molecule has 1 aromatic carbocycles. The summed E-state index contributed by atoms with van der Waals surface area (Å²) in [6.45, 7) is 8.20.